The Morgan fingerprint density at radius 3 is 2.48 bits per heavy atom. The second kappa shape index (κ2) is 6.59. The summed E-state index contributed by atoms with van der Waals surface area (Å²) in [6.07, 6.45) is -4.21. The van der Waals surface area contributed by atoms with Crippen molar-refractivity contribution in [1.82, 2.24) is 19.9 Å². The maximum Gasteiger partial charge on any atom is 0.456 e. The number of carbonyl (C=O) groups is 2. The van der Waals surface area contributed by atoms with Crippen LogP contribution >= 0.6 is 0 Å². The second-order valence-electron chi connectivity index (χ2n) is 4.86. The lowest BCUT2D eigenvalue weighted by atomic mass is 10.2. The van der Waals surface area contributed by atoms with Crippen LogP contribution in [0.3, 0.4) is 0 Å². The van der Waals surface area contributed by atoms with Crippen LogP contribution in [0.4, 0.5) is 13.2 Å². The van der Waals surface area contributed by atoms with Crippen molar-refractivity contribution in [2.75, 3.05) is 7.05 Å². The predicted octanol–water partition coefficient (Wildman–Crippen LogP) is 1.68. The van der Waals surface area contributed by atoms with Crippen molar-refractivity contribution < 1.29 is 22.8 Å². The molecule has 122 valence electrons. The molecule has 0 aliphatic carbocycles. The van der Waals surface area contributed by atoms with Gasteiger partial charge in [0.1, 0.15) is 6.54 Å². The molecule has 23 heavy (non-hydrogen) atoms. The Morgan fingerprint density at radius 1 is 1.22 bits per heavy atom. The molecule has 6 nitrogen and oxygen atoms in total. The van der Waals surface area contributed by atoms with Crippen LogP contribution in [-0.4, -0.2) is 44.8 Å². The molecule has 0 aliphatic rings. The maximum absolute atomic E-state index is 12.3. The van der Waals surface area contributed by atoms with E-state index in [0.717, 1.165) is 16.4 Å². The molecule has 2 aromatic rings. The molecule has 0 spiro atoms. The van der Waals surface area contributed by atoms with Crippen LogP contribution < -0.4 is 0 Å². The Balaban J connectivity index is 1.98. The first kappa shape index (κ1) is 16.7. The van der Waals surface area contributed by atoms with Crippen molar-refractivity contribution in [3.63, 3.8) is 0 Å². The van der Waals surface area contributed by atoms with Gasteiger partial charge in [-0.15, -0.1) is 5.10 Å². The number of benzene rings is 1. The van der Waals surface area contributed by atoms with Gasteiger partial charge in [-0.2, -0.15) is 13.2 Å². The second-order valence-corrected chi connectivity index (χ2v) is 4.86. The number of nitrogens with zero attached hydrogens (tertiary/aromatic N) is 4. The summed E-state index contributed by atoms with van der Waals surface area (Å²) in [5.74, 6) is -2.46. The van der Waals surface area contributed by atoms with Crippen molar-refractivity contribution in [2.45, 2.75) is 19.3 Å². The number of amides is 1. The van der Waals surface area contributed by atoms with E-state index in [9.17, 15) is 22.8 Å². The zero-order valence-corrected chi connectivity index (χ0v) is 12.1. The smallest absolute Gasteiger partial charge is 0.340 e. The van der Waals surface area contributed by atoms with Crippen molar-refractivity contribution in [1.29, 1.82) is 0 Å². The summed E-state index contributed by atoms with van der Waals surface area (Å²) >= 11 is 0. The van der Waals surface area contributed by atoms with Crippen LogP contribution in [-0.2, 0) is 17.9 Å². The van der Waals surface area contributed by atoms with Gasteiger partial charge in [-0.05, 0) is 5.56 Å². The third-order valence-electron chi connectivity index (χ3n) is 3.01. The molecular formula is C14H13F3N4O2. The Kier molecular flexibility index (Phi) is 4.77. The van der Waals surface area contributed by atoms with E-state index in [4.69, 9.17) is 0 Å². The molecule has 1 aromatic carbocycles. The van der Waals surface area contributed by atoms with E-state index in [1.165, 1.54) is 4.90 Å². The fourth-order valence-electron chi connectivity index (χ4n) is 1.83. The van der Waals surface area contributed by atoms with E-state index in [2.05, 4.69) is 10.3 Å². The molecule has 0 bridgehead atoms. The predicted molar refractivity (Wildman–Crippen MR) is 73.3 cm³/mol. The van der Waals surface area contributed by atoms with Crippen LogP contribution in [0.15, 0.2) is 36.5 Å². The highest BCUT2D eigenvalue weighted by Gasteiger charge is 2.41. The lowest BCUT2D eigenvalue weighted by Crippen LogP contribution is -2.30. The van der Waals surface area contributed by atoms with Crippen molar-refractivity contribution >= 4 is 11.7 Å². The van der Waals surface area contributed by atoms with Gasteiger partial charge >= 0.3 is 6.18 Å². The van der Waals surface area contributed by atoms with Gasteiger partial charge < -0.3 is 4.90 Å². The van der Waals surface area contributed by atoms with Crippen molar-refractivity contribution in [2.24, 2.45) is 0 Å². The van der Waals surface area contributed by atoms with Crippen LogP contribution in [0.25, 0.3) is 0 Å². The average molecular weight is 326 g/mol. The Labute approximate surface area is 129 Å². The number of halogens is 3. The number of aromatic nitrogens is 3. The molecule has 9 heteroatoms. The fraction of sp³-hybridized carbons (Fsp3) is 0.286. The van der Waals surface area contributed by atoms with Gasteiger partial charge in [-0.25, -0.2) is 4.68 Å². The summed E-state index contributed by atoms with van der Waals surface area (Å²) in [7, 11) is 1.56. The van der Waals surface area contributed by atoms with E-state index in [1.807, 2.05) is 30.3 Å². The molecule has 0 atom stereocenters. The van der Waals surface area contributed by atoms with Gasteiger partial charge in [0.25, 0.3) is 5.78 Å². The van der Waals surface area contributed by atoms with Crippen LogP contribution in [0, 0.1) is 0 Å². The van der Waals surface area contributed by atoms with Gasteiger partial charge in [0.2, 0.25) is 5.91 Å². The van der Waals surface area contributed by atoms with Gasteiger partial charge in [0, 0.05) is 13.6 Å². The molecule has 1 amide bonds. The van der Waals surface area contributed by atoms with Crippen molar-refractivity contribution in [3.8, 4) is 0 Å². The van der Waals surface area contributed by atoms with Gasteiger partial charge in [0.15, 0.2) is 5.69 Å². The highest BCUT2D eigenvalue weighted by Crippen LogP contribution is 2.19. The zero-order chi connectivity index (χ0) is 17.0. The Bertz CT molecular complexity index is 698. The van der Waals surface area contributed by atoms with Crippen LogP contribution in [0.1, 0.15) is 16.1 Å². The molecule has 0 saturated carbocycles. The fourth-order valence-corrected chi connectivity index (χ4v) is 1.83. The van der Waals surface area contributed by atoms with Crippen molar-refractivity contribution in [3.05, 3.63) is 47.8 Å². The van der Waals surface area contributed by atoms with E-state index in [0.29, 0.717) is 6.54 Å². The molecule has 0 radical (unpaired) electrons. The number of ketones is 1. The number of carbonyl (C=O) groups excluding carboxylic acids is 2. The monoisotopic (exact) mass is 326 g/mol. The number of Topliss-reactive ketones (excluding diaryl/α,β-unsaturated/α-hetero) is 1. The van der Waals surface area contributed by atoms with Gasteiger partial charge in [-0.1, -0.05) is 35.5 Å². The summed E-state index contributed by atoms with van der Waals surface area (Å²) in [5, 5.41) is 6.53. The standard InChI is InChI=1S/C14H13F3N4O2/c1-20(7-10-5-3-2-4-6-10)12(22)9-21-8-11(18-19-21)13(23)14(15,16)17/h2-6,8H,7,9H2,1H3. The first-order chi connectivity index (χ1) is 10.8. The maximum atomic E-state index is 12.3. The SMILES string of the molecule is CN(Cc1ccccc1)C(=O)Cn1cc(C(=O)C(F)(F)F)nn1. The van der Waals surface area contributed by atoms with Gasteiger partial charge in [0.05, 0.1) is 6.20 Å². The normalized spacial score (nSPS) is 11.3. The number of rotatable bonds is 5. The molecule has 2 rings (SSSR count). The lowest BCUT2D eigenvalue weighted by Gasteiger charge is -2.17. The molecular weight excluding hydrogens is 313 g/mol. The van der Waals surface area contributed by atoms with E-state index in [1.54, 1.807) is 7.05 Å². The minimum atomic E-state index is -5.02. The van der Waals surface area contributed by atoms with E-state index >= 15 is 0 Å². The van der Waals surface area contributed by atoms with Crippen LogP contribution in [0.5, 0.6) is 0 Å². The highest BCUT2D eigenvalue weighted by atomic mass is 19.4. The molecule has 0 aliphatic heterocycles. The van der Waals surface area contributed by atoms with E-state index in [-0.39, 0.29) is 12.5 Å². The minimum Gasteiger partial charge on any atom is -0.340 e. The summed E-state index contributed by atoms with van der Waals surface area (Å²) < 4.78 is 37.7. The third-order valence-corrected chi connectivity index (χ3v) is 3.01. The number of alkyl halides is 3. The van der Waals surface area contributed by atoms with Crippen LogP contribution in [0.2, 0.25) is 0 Å². The first-order valence-electron chi connectivity index (χ1n) is 6.57. The summed E-state index contributed by atoms with van der Waals surface area (Å²) in [6, 6.07) is 9.21. The molecule has 0 N–H and O–H groups in total. The lowest BCUT2D eigenvalue weighted by molar-refractivity contribution is -0.131. The number of hydrogen-bond donors (Lipinski definition) is 0. The summed E-state index contributed by atoms with van der Waals surface area (Å²) in [6.45, 7) is 0.0458. The number of likely N-dealkylation sites (N-methyl/N-ethyl adjacent to an activating group) is 1. The largest absolute Gasteiger partial charge is 0.456 e. The average Bonchev–Trinajstić information content (AvgIpc) is 2.94. The first-order valence-corrected chi connectivity index (χ1v) is 6.57. The highest BCUT2D eigenvalue weighted by molar-refractivity contribution is 5.98. The van der Waals surface area contributed by atoms with Gasteiger partial charge in [-0.3, -0.25) is 9.59 Å². The summed E-state index contributed by atoms with van der Waals surface area (Å²) in [5.41, 5.74) is 0.0749. The van der Waals surface area contributed by atoms with E-state index < -0.39 is 17.7 Å². The molecule has 1 aromatic heterocycles. The Morgan fingerprint density at radius 2 is 1.87 bits per heavy atom. The molecule has 0 fully saturated rings. The quantitative estimate of drug-likeness (QED) is 0.784. The molecule has 0 unspecified atom stereocenters. The zero-order valence-electron chi connectivity index (χ0n) is 12.1. The number of hydrogen-bond acceptors (Lipinski definition) is 4. The summed E-state index contributed by atoms with van der Waals surface area (Å²) in [4.78, 5) is 24.4. The molecule has 1 heterocycles. The minimum absolute atomic E-state index is 0.304. The third kappa shape index (κ3) is 4.38. The Hall–Kier alpha value is -2.71. The molecule has 0 saturated heterocycles. The topological polar surface area (TPSA) is 68.1 Å².